The van der Waals surface area contributed by atoms with E-state index in [1.165, 1.54) is 30.1 Å². The molecular weight excluding hydrogens is 322 g/mol. The van der Waals surface area contributed by atoms with Crippen LogP contribution in [0.4, 0.5) is 5.69 Å². The summed E-state index contributed by atoms with van der Waals surface area (Å²) in [6.45, 7) is -0.343. The van der Waals surface area contributed by atoms with Gasteiger partial charge in [-0.25, -0.2) is 0 Å². The lowest BCUT2D eigenvalue weighted by molar-refractivity contribution is -0.383. The van der Waals surface area contributed by atoms with E-state index in [0.29, 0.717) is 16.7 Å². The van der Waals surface area contributed by atoms with Crippen molar-refractivity contribution in [1.29, 1.82) is 0 Å². The number of esters is 1. The molecular formula is C14H15N3O5S. The molecule has 0 aliphatic heterocycles. The van der Waals surface area contributed by atoms with Crippen molar-refractivity contribution in [3.8, 4) is 5.75 Å². The quantitative estimate of drug-likeness (QED) is 0.351. The SMILES string of the molecule is CSC[C@H](N)C(=O)OCOc1ccc([N+](=O)[O-])c2cccnc12. The molecule has 1 aromatic carbocycles. The van der Waals surface area contributed by atoms with Gasteiger partial charge in [0, 0.05) is 18.0 Å². The zero-order valence-corrected chi connectivity index (χ0v) is 13.1. The van der Waals surface area contributed by atoms with Gasteiger partial charge in [0.15, 0.2) is 0 Å². The summed E-state index contributed by atoms with van der Waals surface area (Å²) < 4.78 is 10.3. The van der Waals surface area contributed by atoms with Crippen molar-refractivity contribution in [2.24, 2.45) is 5.73 Å². The molecule has 0 fully saturated rings. The van der Waals surface area contributed by atoms with Gasteiger partial charge in [-0.1, -0.05) is 0 Å². The summed E-state index contributed by atoms with van der Waals surface area (Å²) in [6, 6.07) is 5.19. The monoisotopic (exact) mass is 337 g/mol. The van der Waals surface area contributed by atoms with Crippen molar-refractivity contribution in [1.82, 2.24) is 4.98 Å². The maximum Gasteiger partial charge on any atom is 0.326 e. The van der Waals surface area contributed by atoms with Crippen LogP contribution in [0, 0.1) is 10.1 Å². The number of pyridine rings is 1. The third-order valence-corrected chi connectivity index (χ3v) is 3.66. The maximum atomic E-state index is 11.6. The van der Waals surface area contributed by atoms with E-state index in [9.17, 15) is 14.9 Å². The first-order chi connectivity index (χ1) is 11.0. The minimum Gasteiger partial charge on any atom is -0.455 e. The normalized spacial score (nSPS) is 11.9. The van der Waals surface area contributed by atoms with Crippen LogP contribution >= 0.6 is 11.8 Å². The molecule has 0 amide bonds. The Kier molecular flexibility index (Phi) is 5.72. The van der Waals surface area contributed by atoms with Crippen LogP contribution in [0.1, 0.15) is 0 Å². The van der Waals surface area contributed by atoms with Gasteiger partial charge in [-0.3, -0.25) is 19.9 Å². The van der Waals surface area contributed by atoms with Gasteiger partial charge >= 0.3 is 5.97 Å². The molecule has 0 aliphatic rings. The molecule has 0 aliphatic carbocycles. The molecule has 1 aromatic heterocycles. The first-order valence-corrected chi connectivity index (χ1v) is 8.00. The zero-order chi connectivity index (χ0) is 16.8. The smallest absolute Gasteiger partial charge is 0.326 e. The van der Waals surface area contributed by atoms with Gasteiger partial charge in [0.05, 0.1) is 10.3 Å². The third kappa shape index (κ3) is 4.08. The van der Waals surface area contributed by atoms with Crippen molar-refractivity contribution >= 4 is 34.3 Å². The Morgan fingerprint density at radius 1 is 1.48 bits per heavy atom. The van der Waals surface area contributed by atoms with E-state index < -0.39 is 16.9 Å². The van der Waals surface area contributed by atoms with Crippen molar-refractivity contribution < 1.29 is 19.2 Å². The van der Waals surface area contributed by atoms with E-state index in [0.717, 1.165) is 0 Å². The largest absolute Gasteiger partial charge is 0.455 e. The van der Waals surface area contributed by atoms with Crippen LogP contribution in [0.25, 0.3) is 10.9 Å². The molecule has 0 spiro atoms. The topological polar surface area (TPSA) is 118 Å². The second kappa shape index (κ2) is 7.75. The molecule has 9 heteroatoms. The Morgan fingerprint density at radius 3 is 2.96 bits per heavy atom. The number of thioether (sulfide) groups is 1. The van der Waals surface area contributed by atoms with E-state index in [-0.39, 0.29) is 18.2 Å². The fourth-order valence-corrected chi connectivity index (χ4v) is 2.41. The third-order valence-electron chi connectivity index (χ3n) is 2.97. The molecule has 0 radical (unpaired) electrons. The number of hydrogen-bond acceptors (Lipinski definition) is 8. The number of aromatic nitrogens is 1. The lowest BCUT2D eigenvalue weighted by Crippen LogP contribution is -2.35. The van der Waals surface area contributed by atoms with Crippen LogP contribution in [0.5, 0.6) is 5.75 Å². The van der Waals surface area contributed by atoms with Crippen LogP contribution in [-0.4, -0.2) is 40.7 Å². The number of carbonyl (C=O) groups is 1. The molecule has 2 rings (SSSR count). The first-order valence-electron chi connectivity index (χ1n) is 6.60. The highest BCUT2D eigenvalue weighted by Gasteiger charge is 2.17. The Labute approximate surface area is 136 Å². The Bertz CT molecular complexity index is 725. The number of nitrogens with two attached hydrogens (primary N) is 1. The van der Waals surface area contributed by atoms with Gasteiger partial charge < -0.3 is 15.2 Å². The molecule has 23 heavy (non-hydrogen) atoms. The highest BCUT2D eigenvalue weighted by Crippen LogP contribution is 2.31. The van der Waals surface area contributed by atoms with Gasteiger partial charge in [0.25, 0.3) is 5.69 Å². The van der Waals surface area contributed by atoms with Gasteiger partial charge in [0.2, 0.25) is 6.79 Å². The zero-order valence-electron chi connectivity index (χ0n) is 12.3. The highest BCUT2D eigenvalue weighted by molar-refractivity contribution is 7.98. The number of ether oxygens (including phenoxy) is 2. The van der Waals surface area contributed by atoms with Crippen LogP contribution < -0.4 is 10.5 Å². The average Bonchev–Trinajstić information content (AvgIpc) is 2.54. The number of benzene rings is 1. The molecule has 0 saturated carbocycles. The molecule has 2 aromatic rings. The van der Waals surface area contributed by atoms with E-state index in [4.69, 9.17) is 15.2 Å². The second-order valence-electron chi connectivity index (χ2n) is 4.53. The number of carbonyl (C=O) groups excluding carboxylic acids is 1. The lowest BCUT2D eigenvalue weighted by Gasteiger charge is -2.12. The van der Waals surface area contributed by atoms with E-state index >= 15 is 0 Å². The van der Waals surface area contributed by atoms with Crippen LogP contribution in [0.2, 0.25) is 0 Å². The summed E-state index contributed by atoms with van der Waals surface area (Å²) in [5, 5.41) is 11.4. The summed E-state index contributed by atoms with van der Waals surface area (Å²) in [7, 11) is 0. The molecule has 122 valence electrons. The summed E-state index contributed by atoms with van der Waals surface area (Å²) in [4.78, 5) is 26.2. The Morgan fingerprint density at radius 2 is 2.26 bits per heavy atom. The molecule has 1 heterocycles. The van der Waals surface area contributed by atoms with Crippen molar-refractivity contribution in [3.05, 3.63) is 40.6 Å². The van der Waals surface area contributed by atoms with Gasteiger partial charge in [-0.05, 0) is 24.5 Å². The Hall–Kier alpha value is -2.39. The number of rotatable bonds is 7. The standard InChI is InChI=1S/C14H15N3O5S/c1-23-7-10(15)14(18)22-8-21-12-5-4-11(17(19)20)9-3-2-6-16-13(9)12/h2-6,10H,7-8,15H2,1H3/t10-/m0/s1. The number of nitrogens with zero attached hydrogens (tertiary/aromatic N) is 2. The molecule has 0 unspecified atom stereocenters. The fraction of sp³-hybridized carbons (Fsp3) is 0.286. The van der Waals surface area contributed by atoms with Crippen LogP contribution in [0.15, 0.2) is 30.5 Å². The number of non-ortho nitro benzene ring substituents is 1. The highest BCUT2D eigenvalue weighted by atomic mass is 32.2. The molecule has 1 atom stereocenters. The Balaban J connectivity index is 2.11. The van der Waals surface area contributed by atoms with Gasteiger partial charge in [-0.15, -0.1) is 0 Å². The van der Waals surface area contributed by atoms with Crippen molar-refractivity contribution in [3.63, 3.8) is 0 Å². The van der Waals surface area contributed by atoms with E-state index in [1.54, 1.807) is 12.1 Å². The molecule has 8 nitrogen and oxygen atoms in total. The number of hydrogen-bond donors (Lipinski definition) is 1. The predicted molar refractivity (Wildman–Crippen MR) is 86.3 cm³/mol. The molecule has 0 bridgehead atoms. The lowest BCUT2D eigenvalue weighted by atomic mass is 10.1. The van der Waals surface area contributed by atoms with Crippen molar-refractivity contribution in [2.75, 3.05) is 18.8 Å². The second-order valence-corrected chi connectivity index (χ2v) is 5.44. The van der Waals surface area contributed by atoms with E-state index in [1.807, 2.05) is 6.26 Å². The summed E-state index contributed by atoms with van der Waals surface area (Å²) in [5.41, 5.74) is 5.87. The van der Waals surface area contributed by atoms with Gasteiger partial charge in [-0.2, -0.15) is 11.8 Å². The number of nitro benzene ring substituents is 1. The summed E-state index contributed by atoms with van der Waals surface area (Å²) in [6.07, 6.45) is 3.33. The molecule has 2 N–H and O–H groups in total. The fourth-order valence-electron chi connectivity index (χ4n) is 1.91. The number of nitro groups is 1. The first kappa shape index (κ1) is 17.0. The maximum absolute atomic E-state index is 11.6. The van der Waals surface area contributed by atoms with Crippen LogP contribution in [0.3, 0.4) is 0 Å². The minimum absolute atomic E-state index is 0.0700. The predicted octanol–water partition coefficient (Wildman–Crippen LogP) is 1.71. The van der Waals surface area contributed by atoms with Crippen LogP contribution in [-0.2, 0) is 9.53 Å². The average molecular weight is 337 g/mol. The summed E-state index contributed by atoms with van der Waals surface area (Å²) in [5.74, 6) is 0.164. The number of fused-ring (bicyclic) bond motifs is 1. The van der Waals surface area contributed by atoms with Gasteiger partial charge in [0.1, 0.15) is 17.3 Å². The summed E-state index contributed by atoms with van der Waals surface area (Å²) >= 11 is 1.43. The van der Waals surface area contributed by atoms with E-state index in [2.05, 4.69) is 4.98 Å². The molecule has 0 saturated heterocycles. The van der Waals surface area contributed by atoms with Crippen molar-refractivity contribution in [2.45, 2.75) is 6.04 Å². The minimum atomic E-state index is -0.722.